The van der Waals surface area contributed by atoms with E-state index in [1.54, 1.807) is 7.11 Å². The van der Waals surface area contributed by atoms with Crippen molar-refractivity contribution in [1.82, 2.24) is 5.43 Å². The molecule has 2 aromatic rings. The zero-order valence-corrected chi connectivity index (χ0v) is 13.2. The number of rotatable bonds is 6. The Balaban J connectivity index is 2.16. The summed E-state index contributed by atoms with van der Waals surface area (Å²) in [4.78, 5) is 0. The summed E-state index contributed by atoms with van der Waals surface area (Å²) in [6, 6.07) is 14.1. The van der Waals surface area contributed by atoms with Gasteiger partial charge in [0.2, 0.25) is 0 Å². The number of aryl methyl sites for hydroxylation is 1. The highest BCUT2D eigenvalue weighted by molar-refractivity contribution is 6.31. The van der Waals surface area contributed by atoms with Crippen LogP contribution in [0.5, 0.6) is 5.75 Å². The molecular formula is C17H21ClN2O. The van der Waals surface area contributed by atoms with E-state index in [4.69, 9.17) is 22.2 Å². The van der Waals surface area contributed by atoms with E-state index in [-0.39, 0.29) is 6.04 Å². The minimum Gasteiger partial charge on any atom is -0.496 e. The maximum absolute atomic E-state index is 6.22. The van der Waals surface area contributed by atoms with Crippen LogP contribution in [-0.4, -0.2) is 13.2 Å². The van der Waals surface area contributed by atoms with Crippen molar-refractivity contribution in [3.8, 4) is 5.75 Å². The van der Waals surface area contributed by atoms with Gasteiger partial charge in [0.15, 0.2) is 0 Å². The third-order valence-electron chi connectivity index (χ3n) is 3.56. The van der Waals surface area contributed by atoms with Gasteiger partial charge in [0.25, 0.3) is 0 Å². The molecule has 0 heterocycles. The van der Waals surface area contributed by atoms with Crippen LogP contribution < -0.4 is 16.0 Å². The Morgan fingerprint density at radius 1 is 1.14 bits per heavy atom. The molecule has 3 nitrogen and oxygen atoms in total. The highest BCUT2D eigenvalue weighted by Gasteiger charge is 2.14. The molecular weight excluding hydrogens is 284 g/mol. The Morgan fingerprint density at radius 3 is 2.52 bits per heavy atom. The fourth-order valence-electron chi connectivity index (χ4n) is 2.45. The molecule has 0 aliphatic heterocycles. The standard InChI is InChI=1S/C17H21ClN2O/c1-12-7-8-17(21-2)14(9-12)11-15(20-19)10-13-5-3-4-6-16(13)18/h3-9,15,20H,10-11,19H2,1-2H3. The van der Waals surface area contributed by atoms with Crippen molar-refractivity contribution in [3.05, 3.63) is 64.2 Å². The summed E-state index contributed by atoms with van der Waals surface area (Å²) >= 11 is 6.22. The Labute approximate surface area is 131 Å². The van der Waals surface area contributed by atoms with Crippen LogP contribution in [0.4, 0.5) is 0 Å². The number of hydrogen-bond donors (Lipinski definition) is 2. The van der Waals surface area contributed by atoms with Gasteiger partial charge in [-0.25, -0.2) is 0 Å². The lowest BCUT2D eigenvalue weighted by atomic mass is 9.98. The number of nitrogens with one attached hydrogen (secondary N) is 1. The van der Waals surface area contributed by atoms with E-state index >= 15 is 0 Å². The van der Waals surface area contributed by atoms with Crippen LogP contribution in [0.2, 0.25) is 5.02 Å². The van der Waals surface area contributed by atoms with Crippen molar-refractivity contribution in [2.75, 3.05) is 7.11 Å². The normalized spacial score (nSPS) is 12.2. The summed E-state index contributed by atoms with van der Waals surface area (Å²) in [6.45, 7) is 2.07. The van der Waals surface area contributed by atoms with E-state index in [0.29, 0.717) is 0 Å². The first-order valence-electron chi connectivity index (χ1n) is 6.97. The van der Waals surface area contributed by atoms with E-state index in [2.05, 4.69) is 18.4 Å². The summed E-state index contributed by atoms with van der Waals surface area (Å²) in [7, 11) is 1.69. The summed E-state index contributed by atoms with van der Waals surface area (Å²) < 4.78 is 5.42. The molecule has 1 atom stereocenters. The molecule has 2 aromatic carbocycles. The van der Waals surface area contributed by atoms with Crippen LogP contribution >= 0.6 is 11.6 Å². The third kappa shape index (κ3) is 4.21. The second kappa shape index (κ2) is 7.46. The second-order valence-electron chi connectivity index (χ2n) is 5.18. The average Bonchev–Trinajstić information content (AvgIpc) is 2.49. The van der Waals surface area contributed by atoms with Crippen molar-refractivity contribution in [2.45, 2.75) is 25.8 Å². The minimum absolute atomic E-state index is 0.0978. The van der Waals surface area contributed by atoms with Crippen molar-refractivity contribution >= 4 is 11.6 Å². The van der Waals surface area contributed by atoms with Crippen LogP contribution in [0.25, 0.3) is 0 Å². The van der Waals surface area contributed by atoms with Crippen LogP contribution in [0.15, 0.2) is 42.5 Å². The predicted molar refractivity (Wildman–Crippen MR) is 87.7 cm³/mol. The van der Waals surface area contributed by atoms with Crippen molar-refractivity contribution in [2.24, 2.45) is 5.84 Å². The lowest BCUT2D eigenvalue weighted by Crippen LogP contribution is -2.38. The van der Waals surface area contributed by atoms with Crippen LogP contribution in [0, 0.1) is 6.92 Å². The van der Waals surface area contributed by atoms with Gasteiger partial charge in [0.1, 0.15) is 5.75 Å². The van der Waals surface area contributed by atoms with E-state index in [0.717, 1.165) is 34.7 Å². The Kier molecular flexibility index (Phi) is 5.62. The van der Waals surface area contributed by atoms with Crippen LogP contribution in [0.1, 0.15) is 16.7 Å². The molecule has 4 heteroatoms. The number of ether oxygens (including phenoxy) is 1. The Bertz CT molecular complexity index is 601. The van der Waals surface area contributed by atoms with E-state index in [1.165, 1.54) is 5.56 Å². The van der Waals surface area contributed by atoms with Gasteiger partial charge in [-0.1, -0.05) is 47.5 Å². The fraction of sp³-hybridized carbons (Fsp3) is 0.294. The van der Waals surface area contributed by atoms with Gasteiger partial charge in [-0.15, -0.1) is 0 Å². The summed E-state index contributed by atoms with van der Waals surface area (Å²) in [6.07, 6.45) is 1.56. The number of halogens is 1. The highest BCUT2D eigenvalue weighted by Crippen LogP contribution is 2.23. The lowest BCUT2D eigenvalue weighted by molar-refractivity contribution is 0.404. The Morgan fingerprint density at radius 2 is 1.86 bits per heavy atom. The Hall–Kier alpha value is -1.55. The van der Waals surface area contributed by atoms with Crippen molar-refractivity contribution < 1.29 is 4.74 Å². The van der Waals surface area contributed by atoms with Gasteiger partial charge in [0.05, 0.1) is 7.11 Å². The fourth-order valence-corrected chi connectivity index (χ4v) is 2.66. The molecule has 0 fully saturated rings. The van der Waals surface area contributed by atoms with E-state index in [1.807, 2.05) is 36.4 Å². The SMILES string of the molecule is COc1ccc(C)cc1CC(Cc1ccccc1Cl)NN. The predicted octanol–water partition coefficient (Wildman–Crippen LogP) is 3.27. The number of methoxy groups -OCH3 is 1. The van der Waals surface area contributed by atoms with Gasteiger partial charge in [0, 0.05) is 11.1 Å². The largest absolute Gasteiger partial charge is 0.496 e. The molecule has 21 heavy (non-hydrogen) atoms. The molecule has 1 unspecified atom stereocenters. The van der Waals surface area contributed by atoms with Crippen molar-refractivity contribution in [1.29, 1.82) is 0 Å². The molecule has 0 radical (unpaired) electrons. The molecule has 0 bridgehead atoms. The lowest BCUT2D eigenvalue weighted by Gasteiger charge is -2.18. The number of hydrazine groups is 1. The zero-order valence-electron chi connectivity index (χ0n) is 12.4. The van der Waals surface area contributed by atoms with Crippen LogP contribution in [-0.2, 0) is 12.8 Å². The quantitative estimate of drug-likeness (QED) is 0.636. The smallest absolute Gasteiger partial charge is 0.122 e. The topological polar surface area (TPSA) is 47.3 Å². The number of hydrogen-bond acceptors (Lipinski definition) is 3. The molecule has 2 rings (SSSR count). The first kappa shape index (κ1) is 15.8. The van der Waals surface area contributed by atoms with Gasteiger partial charge in [-0.3, -0.25) is 11.3 Å². The molecule has 0 aliphatic rings. The monoisotopic (exact) mass is 304 g/mol. The first-order chi connectivity index (χ1) is 10.1. The maximum atomic E-state index is 6.22. The number of benzene rings is 2. The highest BCUT2D eigenvalue weighted by atomic mass is 35.5. The molecule has 0 aliphatic carbocycles. The molecule has 3 N–H and O–H groups in total. The van der Waals surface area contributed by atoms with Gasteiger partial charge in [-0.05, 0) is 43.0 Å². The van der Waals surface area contributed by atoms with E-state index in [9.17, 15) is 0 Å². The van der Waals surface area contributed by atoms with Gasteiger partial charge in [-0.2, -0.15) is 0 Å². The summed E-state index contributed by atoms with van der Waals surface area (Å²) in [5.41, 5.74) is 6.33. The molecule has 0 aromatic heterocycles. The van der Waals surface area contributed by atoms with Gasteiger partial charge >= 0.3 is 0 Å². The van der Waals surface area contributed by atoms with Gasteiger partial charge < -0.3 is 4.74 Å². The molecule has 0 saturated heterocycles. The van der Waals surface area contributed by atoms with Crippen molar-refractivity contribution in [3.63, 3.8) is 0 Å². The summed E-state index contributed by atoms with van der Waals surface area (Å²) in [5, 5.41) is 0.772. The maximum Gasteiger partial charge on any atom is 0.122 e. The molecule has 0 spiro atoms. The second-order valence-corrected chi connectivity index (χ2v) is 5.59. The summed E-state index contributed by atoms with van der Waals surface area (Å²) in [5.74, 6) is 6.60. The van der Waals surface area contributed by atoms with E-state index < -0.39 is 0 Å². The first-order valence-corrected chi connectivity index (χ1v) is 7.35. The molecule has 0 saturated carbocycles. The zero-order chi connectivity index (χ0) is 15.2. The van der Waals surface area contributed by atoms with Crippen LogP contribution in [0.3, 0.4) is 0 Å². The molecule has 112 valence electrons. The minimum atomic E-state index is 0.0978. The molecule has 0 amide bonds. The average molecular weight is 305 g/mol. The number of nitrogens with two attached hydrogens (primary N) is 1. The third-order valence-corrected chi connectivity index (χ3v) is 3.93.